The normalized spacial score (nSPS) is 17.9. The number of carboxylic acid groups (broad SMARTS) is 1. The highest BCUT2D eigenvalue weighted by Crippen LogP contribution is 2.27. The van der Waals surface area contributed by atoms with Gasteiger partial charge in [0.25, 0.3) is 0 Å². The third-order valence-corrected chi connectivity index (χ3v) is 3.74. The van der Waals surface area contributed by atoms with Crippen molar-refractivity contribution < 1.29 is 14.7 Å². The number of nitrogens with one attached hydrogen (secondary N) is 1. The molecule has 0 saturated carbocycles. The topological polar surface area (TPSA) is 93.4 Å². The number of amides is 1. The summed E-state index contributed by atoms with van der Waals surface area (Å²) >= 11 is 0. The van der Waals surface area contributed by atoms with Crippen LogP contribution in [0.15, 0.2) is 18.2 Å². The second kappa shape index (κ2) is 6.27. The maximum Gasteiger partial charge on any atom is 0.335 e. The van der Waals surface area contributed by atoms with Crippen LogP contribution in [0.3, 0.4) is 0 Å². The van der Waals surface area contributed by atoms with E-state index in [2.05, 4.69) is 5.32 Å². The first-order chi connectivity index (χ1) is 10.1. The van der Waals surface area contributed by atoms with Gasteiger partial charge >= 0.3 is 5.97 Å². The van der Waals surface area contributed by atoms with Gasteiger partial charge in [0.15, 0.2) is 0 Å². The van der Waals surface area contributed by atoms with Crippen LogP contribution in [-0.4, -0.2) is 37.1 Å². The van der Waals surface area contributed by atoms with Gasteiger partial charge in [-0.15, -0.1) is 0 Å². The van der Waals surface area contributed by atoms with Gasteiger partial charge in [-0.3, -0.25) is 4.79 Å². The lowest BCUT2D eigenvalue weighted by molar-refractivity contribution is -0.124. The van der Waals surface area contributed by atoms with E-state index in [1.807, 2.05) is 11.0 Å². The summed E-state index contributed by atoms with van der Waals surface area (Å²) in [6, 6.07) is 6.55. The number of anilines is 1. The zero-order valence-corrected chi connectivity index (χ0v) is 11.8. The highest BCUT2D eigenvalue weighted by molar-refractivity contribution is 5.89. The van der Waals surface area contributed by atoms with Crippen molar-refractivity contribution in [1.29, 1.82) is 5.26 Å². The molecule has 110 valence electrons. The molecule has 0 aromatic heterocycles. The standard InChI is InChI=1S/C15H17N3O3/c1-17-14(19)11-3-2-6-18(9-11)13-5-4-10(15(20)21)7-12(13)8-16/h4-5,7,11H,2-3,6,9H2,1H3,(H,17,19)(H,20,21). The molecule has 1 fully saturated rings. The second-order valence-electron chi connectivity index (χ2n) is 5.05. The molecule has 1 aliphatic rings. The first-order valence-electron chi connectivity index (χ1n) is 6.80. The molecule has 1 atom stereocenters. The largest absolute Gasteiger partial charge is 0.478 e. The summed E-state index contributed by atoms with van der Waals surface area (Å²) in [4.78, 5) is 24.7. The number of nitriles is 1. The Morgan fingerprint density at radius 3 is 2.86 bits per heavy atom. The lowest BCUT2D eigenvalue weighted by atomic mass is 9.96. The zero-order chi connectivity index (χ0) is 15.4. The lowest BCUT2D eigenvalue weighted by Gasteiger charge is -2.34. The number of hydrogen-bond donors (Lipinski definition) is 2. The molecule has 2 rings (SSSR count). The summed E-state index contributed by atoms with van der Waals surface area (Å²) < 4.78 is 0. The summed E-state index contributed by atoms with van der Waals surface area (Å²) in [5, 5.41) is 20.9. The second-order valence-corrected chi connectivity index (χ2v) is 5.05. The van der Waals surface area contributed by atoms with Crippen LogP contribution in [0.4, 0.5) is 5.69 Å². The number of piperidine rings is 1. The van der Waals surface area contributed by atoms with E-state index < -0.39 is 5.97 Å². The number of carbonyl (C=O) groups is 2. The van der Waals surface area contributed by atoms with Crippen LogP contribution in [-0.2, 0) is 4.79 Å². The number of hydrogen-bond acceptors (Lipinski definition) is 4. The maximum atomic E-state index is 11.8. The van der Waals surface area contributed by atoms with Crippen LogP contribution in [0.25, 0.3) is 0 Å². The van der Waals surface area contributed by atoms with Gasteiger partial charge < -0.3 is 15.3 Å². The van der Waals surface area contributed by atoms with Crippen molar-refractivity contribution in [3.05, 3.63) is 29.3 Å². The Bertz CT molecular complexity index is 607. The van der Waals surface area contributed by atoms with Gasteiger partial charge in [0.2, 0.25) is 5.91 Å². The van der Waals surface area contributed by atoms with E-state index in [4.69, 9.17) is 5.11 Å². The summed E-state index contributed by atoms with van der Waals surface area (Å²) in [7, 11) is 1.61. The molecular formula is C15H17N3O3. The van der Waals surface area contributed by atoms with Crippen molar-refractivity contribution in [2.75, 3.05) is 25.0 Å². The molecular weight excluding hydrogens is 270 g/mol. The van der Waals surface area contributed by atoms with E-state index in [9.17, 15) is 14.9 Å². The molecule has 0 aliphatic carbocycles. The monoisotopic (exact) mass is 287 g/mol. The van der Waals surface area contributed by atoms with Crippen molar-refractivity contribution in [2.45, 2.75) is 12.8 Å². The van der Waals surface area contributed by atoms with Crippen LogP contribution in [0, 0.1) is 17.2 Å². The van der Waals surface area contributed by atoms with Gasteiger partial charge in [0.05, 0.1) is 22.7 Å². The summed E-state index contributed by atoms with van der Waals surface area (Å²) in [5.74, 6) is -1.16. The van der Waals surface area contributed by atoms with E-state index in [1.165, 1.54) is 12.1 Å². The average molecular weight is 287 g/mol. The number of rotatable bonds is 3. The number of carbonyl (C=O) groups excluding carboxylic acids is 1. The minimum Gasteiger partial charge on any atom is -0.478 e. The summed E-state index contributed by atoms with van der Waals surface area (Å²) in [6.45, 7) is 1.30. The minimum absolute atomic E-state index is 0.000337. The molecule has 6 heteroatoms. The van der Waals surface area contributed by atoms with Crippen molar-refractivity contribution in [2.24, 2.45) is 5.92 Å². The minimum atomic E-state index is -1.06. The van der Waals surface area contributed by atoms with Crippen molar-refractivity contribution in [3.63, 3.8) is 0 Å². The lowest BCUT2D eigenvalue weighted by Crippen LogP contribution is -2.42. The first-order valence-corrected chi connectivity index (χ1v) is 6.80. The van der Waals surface area contributed by atoms with E-state index in [0.717, 1.165) is 19.4 Å². The number of benzene rings is 1. The van der Waals surface area contributed by atoms with E-state index >= 15 is 0 Å². The number of aromatic carboxylic acids is 1. The van der Waals surface area contributed by atoms with Gasteiger partial charge in [0.1, 0.15) is 6.07 Å². The highest BCUT2D eigenvalue weighted by atomic mass is 16.4. The van der Waals surface area contributed by atoms with E-state index in [-0.39, 0.29) is 17.4 Å². The highest BCUT2D eigenvalue weighted by Gasteiger charge is 2.26. The Morgan fingerprint density at radius 2 is 2.24 bits per heavy atom. The molecule has 1 amide bonds. The van der Waals surface area contributed by atoms with Crippen molar-refractivity contribution in [3.8, 4) is 6.07 Å². The predicted molar refractivity (Wildman–Crippen MR) is 77.1 cm³/mol. The first kappa shape index (κ1) is 14.9. The molecule has 1 aromatic carbocycles. The Labute approximate surface area is 123 Å². The number of carboxylic acids is 1. The smallest absolute Gasteiger partial charge is 0.335 e. The molecule has 0 bridgehead atoms. The quantitative estimate of drug-likeness (QED) is 0.871. The molecule has 0 spiro atoms. The van der Waals surface area contributed by atoms with Gasteiger partial charge in [-0.2, -0.15) is 5.26 Å². The third-order valence-electron chi connectivity index (χ3n) is 3.74. The van der Waals surface area contributed by atoms with Crippen LogP contribution >= 0.6 is 0 Å². The zero-order valence-electron chi connectivity index (χ0n) is 11.8. The fourth-order valence-corrected chi connectivity index (χ4v) is 2.65. The molecule has 2 N–H and O–H groups in total. The molecule has 1 aromatic rings. The third kappa shape index (κ3) is 3.14. The van der Waals surface area contributed by atoms with Crippen LogP contribution in [0.5, 0.6) is 0 Å². The van der Waals surface area contributed by atoms with Crippen molar-refractivity contribution in [1.82, 2.24) is 5.32 Å². The summed E-state index contributed by atoms with van der Waals surface area (Å²) in [6.07, 6.45) is 1.69. The molecule has 6 nitrogen and oxygen atoms in total. The van der Waals surface area contributed by atoms with Crippen molar-refractivity contribution >= 4 is 17.6 Å². The van der Waals surface area contributed by atoms with Gasteiger partial charge in [-0.25, -0.2) is 4.79 Å². The number of nitrogens with zero attached hydrogens (tertiary/aromatic N) is 2. The Hall–Kier alpha value is -2.55. The summed E-state index contributed by atoms with van der Waals surface area (Å²) in [5.41, 5.74) is 1.11. The van der Waals surface area contributed by atoms with Gasteiger partial charge in [-0.05, 0) is 31.0 Å². The fourth-order valence-electron chi connectivity index (χ4n) is 2.65. The molecule has 0 radical (unpaired) electrons. The molecule has 1 aliphatic heterocycles. The van der Waals surface area contributed by atoms with E-state index in [0.29, 0.717) is 17.8 Å². The van der Waals surface area contributed by atoms with Gasteiger partial charge in [0, 0.05) is 20.1 Å². The molecule has 1 unspecified atom stereocenters. The molecule has 1 heterocycles. The van der Waals surface area contributed by atoms with E-state index in [1.54, 1.807) is 13.1 Å². The molecule has 21 heavy (non-hydrogen) atoms. The van der Waals surface area contributed by atoms with Gasteiger partial charge in [-0.1, -0.05) is 0 Å². The Balaban J connectivity index is 2.27. The maximum absolute atomic E-state index is 11.8. The van der Waals surface area contributed by atoms with Crippen LogP contribution in [0.1, 0.15) is 28.8 Å². The SMILES string of the molecule is CNC(=O)C1CCCN(c2ccc(C(=O)O)cc2C#N)C1. The van der Waals surface area contributed by atoms with Crippen LogP contribution in [0.2, 0.25) is 0 Å². The Kier molecular flexibility index (Phi) is 4.43. The van der Waals surface area contributed by atoms with Crippen LogP contribution < -0.4 is 10.2 Å². The average Bonchev–Trinajstić information content (AvgIpc) is 2.53. The predicted octanol–water partition coefficient (Wildman–Crippen LogP) is 1.22. The molecule has 1 saturated heterocycles. The fraction of sp³-hybridized carbons (Fsp3) is 0.400. The Morgan fingerprint density at radius 1 is 1.48 bits per heavy atom.